The Morgan fingerprint density at radius 3 is 2.24 bits per heavy atom. The molecule has 5 nitrogen and oxygen atoms in total. The van der Waals surface area contributed by atoms with Gasteiger partial charge in [0.05, 0.1) is 32.3 Å². The van der Waals surface area contributed by atoms with Gasteiger partial charge in [0.2, 0.25) is 0 Å². The molecule has 1 unspecified atom stereocenters. The first-order chi connectivity index (χ1) is 8.08. The first kappa shape index (κ1) is 13.2. The number of hydrogen-bond acceptors (Lipinski definition) is 5. The number of ether oxygens (including phenoxy) is 2. The predicted molar refractivity (Wildman–Crippen MR) is 59.4 cm³/mol. The zero-order valence-corrected chi connectivity index (χ0v) is 9.67. The van der Waals surface area contributed by atoms with Gasteiger partial charge in [-0.05, 0) is 17.7 Å². The molecule has 1 rings (SSSR count). The molecule has 5 heteroatoms. The van der Waals surface area contributed by atoms with E-state index in [0.717, 1.165) is 0 Å². The van der Waals surface area contributed by atoms with Crippen LogP contribution in [-0.4, -0.2) is 31.3 Å². The summed E-state index contributed by atoms with van der Waals surface area (Å²) < 4.78 is 8.99. The molecule has 0 bridgehead atoms. The molecule has 0 aromatic heterocycles. The third-order valence-electron chi connectivity index (χ3n) is 2.30. The summed E-state index contributed by atoms with van der Waals surface area (Å²) >= 11 is 0. The van der Waals surface area contributed by atoms with Crippen LogP contribution in [0, 0.1) is 0 Å². The van der Waals surface area contributed by atoms with Gasteiger partial charge in [0.1, 0.15) is 0 Å². The first-order valence-electron chi connectivity index (χ1n) is 5.01. The molecule has 0 saturated heterocycles. The number of aliphatic hydroxyl groups is 1. The van der Waals surface area contributed by atoms with Gasteiger partial charge in [-0.25, -0.2) is 4.79 Å². The number of hydrogen-bond donors (Lipinski definition) is 1. The topological polar surface area (TPSA) is 72.8 Å². The predicted octanol–water partition coefficient (Wildman–Crippen LogP) is 1.07. The molecule has 1 N–H and O–H groups in total. The van der Waals surface area contributed by atoms with Crippen molar-refractivity contribution in [2.75, 3.05) is 14.2 Å². The van der Waals surface area contributed by atoms with Crippen molar-refractivity contribution in [1.82, 2.24) is 0 Å². The average molecular weight is 238 g/mol. The molecular formula is C12H14O5. The Balaban J connectivity index is 2.73. The molecule has 0 heterocycles. The van der Waals surface area contributed by atoms with Crippen LogP contribution in [0.1, 0.15) is 28.4 Å². The van der Waals surface area contributed by atoms with Gasteiger partial charge in [-0.15, -0.1) is 0 Å². The molecule has 0 fully saturated rings. The van der Waals surface area contributed by atoms with E-state index in [0.29, 0.717) is 11.1 Å². The van der Waals surface area contributed by atoms with Crippen molar-refractivity contribution in [1.29, 1.82) is 0 Å². The number of rotatable bonds is 4. The minimum Gasteiger partial charge on any atom is -0.469 e. The van der Waals surface area contributed by atoms with Gasteiger partial charge in [-0.3, -0.25) is 4.79 Å². The zero-order chi connectivity index (χ0) is 12.8. The number of aliphatic hydroxyl groups excluding tert-OH is 1. The van der Waals surface area contributed by atoms with Crippen LogP contribution in [0.15, 0.2) is 24.3 Å². The van der Waals surface area contributed by atoms with Gasteiger partial charge < -0.3 is 14.6 Å². The maximum Gasteiger partial charge on any atom is 0.337 e. The lowest BCUT2D eigenvalue weighted by Gasteiger charge is -2.09. The monoisotopic (exact) mass is 238 g/mol. The number of benzene rings is 1. The Kier molecular flexibility index (Phi) is 4.66. The molecule has 0 radical (unpaired) electrons. The van der Waals surface area contributed by atoms with Crippen LogP contribution in [0.5, 0.6) is 0 Å². The van der Waals surface area contributed by atoms with E-state index in [9.17, 15) is 14.7 Å². The van der Waals surface area contributed by atoms with Crippen LogP contribution in [0.2, 0.25) is 0 Å². The summed E-state index contributed by atoms with van der Waals surface area (Å²) in [5, 5.41) is 9.69. The molecule has 0 aliphatic rings. The highest BCUT2D eigenvalue weighted by Gasteiger charge is 2.14. The van der Waals surface area contributed by atoms with Crippen LogP contribution < -0.4 is 0 Å². The number of carbonyl (C=O) groups is 2. The molecule has 1 atom stereocenters. The summed E-state index contributed by atoms with van der Waals surface area (Å²) in [7, 11) is 2.55. The van der Waals surface area contributed by atoms with Crippen molar-refractivity contribution < 1.29 is 24.2 Å². The van der Waals surface area contributed by atoms with Crippen molar-refractivity contribution in [3.05, 3.63) is 35.4 Å². The zero-order valence-electron chi connectivity index (χ0n) is 9.67. The van der Waals surface area contributed by atoms with E-state index < -0.39 is 18.0 Å². The van der Waals surface area contributed by atoms with Gasteiger partial charge in [0.25, 0.3) is 0 Å². The molecule has 1 aromatic rings. The van der Waals surface area contributed by atoms with Crippen molar-refractivity contribution >= 4 is 11.9 Å². The Morgan fingerprint density at radius 2 is 1.76 bits per heavy atom. The molecule has 1 aromatic carbocycles. The van der Waals surface area contributed by atoms with Gasteiger partial charge in [0.15, 0.2) is 0 Å². The van der Waals surface area contributed by atoms with Crippen molar-refractivity contribution in [3.63, 3.8) is 0 Å². The highest BCUT2D eigenvalue weighted by molar-refractivity contribution is 5.89. The SMILES string of the molecule is COC(=O)CC(O)c1ccc(C(=O)OC)cc1. The van der Waals surface area contributed by atoms with Gasteiger partial charge in [-0.2, -0.15) is 0 Å². The fourth-order valence-electron chi connectivity index (χ4n) is 1.32. The Hall–Kier alpha value is -1.88. The standard InChI is InChI=1S/C12H14O5/c1-16-11(14)7-10(13)8-3-5-9(6-4-8)12(15)17-2/h3-6,10,13H,7H2,1-2H3. The van der Waals surface area contributed by atoms with E-state index in [1.807, 2.05) is 0 Å². The van der Waals surface area contributed by atoms with E-state index in [1.54, 1.807) is 12.1 Å². The van der Waals surface area contributed by atoms with E-state index >= 15 is 0 Å². The molecule has 0 saturated carbocycles. The highest BCUT2D eigenvalue weighted by atomic mass is 16.5. The van der Waals surface area contributed by atoms with Crippen LogP contribution in [-0.2, 0) is 14.3 Å². The lowest BCUT2D eigenvalue weighted by atomic mass is 10.0. The van der Waals surface area contributed by atoms with E-state index in [2.05, 4.69) is 9.47 Å². The summed E-state index contributed by atoms with van der Waals surface area (Å²) in [4.78, 5) is 22.1. The van der Waals surface area contributed by atoms with Gasteiger partial charge in [0, 0.05) is 0 Å². The summed E-state index contributed by atoms with van der Waals surface area (Å²) in [5.74, 6) is -0.937. The number of esters is 2. The maximum atomic E-state index is 11.2. The maximum absolute atomic E-state index is 11.2. The second kappa shape index (κ2) is 6.00. The van der Waals surface area contributed by atoms with Crippen LogP contribution in [0.4, 0.5) is 0 Å². The highest BCUT2D eigenvalue weighted by Crippen LogP contribution is 2.17. The van der Waals surface area contributed by atoms with Crippen molar-refractivity contribution in [3.8, 4) is 0 Å². The van der Waals surface area contributed by atoms with E-state index in [4.69, 9.17) is 0 Å². The Morgan fingerprint density at radius 1 is 1.18 bits per heavy atom. The van der Waals surface area contributed by atoms with E-state index in [-0.39, 0.29) is 6.42 Å². The molecule has 0 amide bonds. The summed E-state index contributed by atoms with van der Waals surface area (Å²) in [6, 6.07) is 6.20. The minimum atomic E-state index is -0.936. The molecular weight excluding hydrogens is 224 g/mol. The molecule has 0 aliphatic carbocycles. The van der Waals surface area contributed by atoms with Crippen molar-refractivity contribution in [2.45, 2.75) is 12.5 Å². The quantitative estimate of drug-likeness (QED) is 0.794. The summed E-state index contributed by atoms with van der Waals surface area (Å²) in [6.07, 6.45) is -1.05. The van der Waals surface area contributed by atoms with Gasteiger partial charge >= 0.3 is 11.9 Å². The summed E-state index contributed by atoms with van der Waals surface area (Å²) in [6.45, 7) is 0. The largest absolute Gasteiger partial charge is 0.469 e. The molecule has 17 heavy (non-hydrogen) atoms. The van der Waals surface area contributed by atoms with Crippen LogP contribution >= 0.6 is 0 Å². The van der Waals surface area contributed by atoms with Crippen LogP contribution in [0.25, 0.3) is 0 Å². The van der Waals surface area contributed by atoms with E-state index in [1.165, 1.54) is 26.4 Å². The van der Waals surface area contributed by atoms with Crippen LogP contribution in [0.3, 0.4) is 0 Å². The lowest BCUT2D eigenvalue weighted by Crippen LogP contribution is -2.08. The Labute approximate surface area is 99.0 Å². The fraction of sp³-hybridized carbons (Fsp3) is 0.333. The lowest BCUT2D eigenvalue weighted by molar-refractivity contribution is -0.142. The second-order valence-electron chi connectivity index (χ2n) is 3.41. The van der Waals surface area contributed by atoms with Gasteiger partial charge in [-0.1, -0.05) is 12.1 Å². The number of carbonyl (C=O) groups excluding carboxylic acids is 2. The average Bonchev–Trinajstić information content (AvgIpc) is 2.37. The fourth-order valence-corrected chi connectivity index (χ4v) is 1.32. The second-order valence-corrected chi connectivity index (χ2v) is 3.41. The molecule has 0 spiro atoms. The normalized spacial score (nSPS) is 11.7. The molecule has 0 aliphatic heterocycles. The van der Waals surface area contributed by atoms with Crippen molar-refractivity contribution in [2.24, 2.45) is 0 Å². The Bertz CT molecular complexity index is 396. The third kappa shape index (κ3) is 3.57. The minimum absolute atomic E-state index is 0.117. The summed E-state index contributed by atoms with van der Waals surface area (Å²) in [5.41, 5.74) is 0.935. The number of methoxy groups -OCH3 is 2. The third-order valence-corrected chi connectivity index (χ3v) is 2.30. The molecule has 92 valence electrons. The first-order valence-corrected chi connectivity index (χ1v) is 5.01. The smallest absolute Gasteiger partial charge is 0.337 e.